The van der Waals surface area contributed by atoms with E-state index in [1.807, 2.05) is 30.3 Å². The van der Waals surface area contributed by atoms with Crippen molar-refractivity contribution in [1.82, 2.24) is 14.5 Å². The molecule has 2 rings (SSSR count). The molecule has 1 aromatic rings. The van der Waals surface area contributed by atoms with Gasteiger partial charge in [-0.25, -0.2) is 8.42 Å². The second-order valence-electron chi connectivity index (χ2n) is 5.45. The molecule has 0 aliphatic carbocycles. The molecule has 1 amide bonds. The van der Waals surface area contributed by atoms with Crippen molar-refractivity contribution in [1.29, 1.82) is 0 Å². The van der Waals surface area contributed by atoms with E-state index in [0.717, 1.165) is 5.56 Å². The Balaban J connectivity index is 1.83. The normalized spacial score (nSPS) is 16.4. The third-order valence-corrected chi connectivity index (χ3v) is 5.60. The maximum absolute atomic E-state index is 12.2. The van der Waals surface area contributed by atoms with Gasteiger partial charge in [-0.05, 0) is 5.56 Å². The molecule has 1 aliphatic heterocycles. The SMILES string of the molecule is CN(Cc1ccccc1)C(=O)CCS(=O)(=O)N1CCNCC1. The zero-order valence-corrected chi connectivity index (χ0v) is 13.7. The Morgan fingerprint density at radius 2 is 1.86 bits per heavy atom. The summed E-state index contributed by atoms with van der Waals surface area (Å²) in [7, 11) is -1.64. The Labute approximate surface area is 132 Å². The van der Waals surface area contributed by atoms with Gasteiger partial charge >= 0.3 is 0 Å². The van der Waals surface area contributed by atoms with Crippen LogP contribution in [-0.4, -0.2) is 62.5 Å². The topological polar surface area (TPSA) is 69.7 Å². The molecular weight excluding hydrogens is 302 g/mol. The van der Waals surface area contributed by atoms with Gasteiger partial charge in [0.05, 0.1) is 5.75 Å². The highest BCUT2D eigenvalue weighted by Crippen LogP contribution is 2.08. The van der Waals surface area contributed by atoms with Gasteiger partial charge in [0.1, 0.15) is 0 Å². The van der Waals surface area contributed by atoms with E-state index in [0.29, 0.717) is 32.7 Å². The van der Waals surface area contributed by atoms with Crippen LogP contribution in [0.2, 0.25) is 0 Å². The third-order valence-electron chi connectivity index (χ3n) is 3.73. The molecule has 1 saturated heterocycles. The summed E-state index contributed by atoms with van der Waals surface area (Å²) in [6.07, 6.45) is 0.0234. The van der Waals surface area contributed by atoms with Gasteiger partial charge in [0.25, 0.3) is 0 Å². The Kier molecular flexibility index (Phi) is 5.93. The first-order valence-electron chi connectivity index (χ1n) is 7.45. The molecule has 0 radical (unpaired) electrons. The van der Waals surface area contributed by atoms with Crippen molar-refractivity contribution < 1.29 is 13.2 Å². The number of rotatable bonds is 6. The van der Waals surface area contributed by atoms with Crippen LogP contribution in [0.25, 0.3) is 0 Å². The van der Waals surface area contributed by atoms with Crippen LogP contribution in [0.1, 0.15) is 12.0 Å². The first kappa shape index (κ1) is 16.9. The smallest absolute Gasteiger partial charge is 0.223 e. The second kappa shape index (κ2) is 7.71. The van der Waals surface area contributed by atoms with Crippen LogP contribution in [0.4, 0.5) is 0 Å². The van der Waals surface area contributed by atoms with Crippen molar-refractivity contribution in [2.24, 2.45) is 0 Å². The lowest BCUT2D eigenvalue weighted by Crippen LogP contribution is -2.47. The van der Waals surface area contributed by atoms with E-state index in [4.69, 9.17) is 0 Å². The van der Waals surface area contributed by atoms with E-state index >= 15 is 0 Å². The van der Waals surface area contributed by atoms with E-state index in [1.54, 1.807) is 11.9 Å². The zero-order chi connectivity index (χ0) is 16.0. The molecule has 1 heterocycles. The first-order chi connectivity index (χ1) is 10.5. The molecule has 22 heavy (non-hydrogen) atoms. The minimum absolute atomic E-state index is 0.0234. The minimum Gasteiger partial charge on any atom is -0.341 e. The van der Waals surface area contributed by atoms with Gasteiger partial charge in [-0.15, -0.1) is 0 Å². The number of amides is 1. The quantitative estimate of drug-likeness (QED) is 0.815. The highest BCUT2D eigenvalue weighted by molar-refractivity contribution is 7.89. The van der Waals surface area contributed by atoms with Crippen molar-refractivity contribution in [2.45, 2.75) is 13.0 Å². The molecule has 0 saturated carbocycles. The Bertz CT molecular complexity index is 583. The fourth-order valence-electron chi connectivity index (χ4n) is 2.40. The van der Waals surface area contributed by atoms with Crippen LogP contribution < -0.4 is 5.32 Å². The number of carbonyl (C=O) groups excluding carboxylic acids is 1. The van der Waals surface area contributed by atoms with Gasteiger partial charge in [0.2, 0.25) is 15.9 Å². The summed E-state index contributed by atoms with van der Waals surface area (Å²) in [6.45, 7) is 2.79. The summed E-state index contributed by atoms with van der Waals surface area (Å²) in [5.74, 6) is -0.270. The van der Waals surface area contributed by atoms with Crippen molar-refractivity contribution >= 4 is 15.9 Å². The van der Waals surface area contributed by atoms with Crippen LogP contribution in [0.3, 0.4) is 0 Å². The standard InChI is InChI=1S/C15H23N3O3S/c1-17(13-14-5-3-2-4-6-14)15(19)7-12-22(20,21)18-10-8-16-9-11-18/h2-6,16H,7-13H2,1H3. The van der Waals surface area contributed by atoms with E-state index in [-0.39, 0.29) is 18.1 Å². The van der Waals surface area contributed by atoms with Crippen LogP contribution in [0.15, 0.2) is 30.3 Å². The average Bonchev–Trinajstić information content (AvgIpc) is 2.54. The average molecular weight is 325 g/mol. The van der Waals surface area contributed by atoms with Gasteiger partial charge in [0.15, 0.2) is 0 Å². The molecule has 0 aromatic heterocycles. The van der Waals surface area contributed by atoms with Crippen LogP contribution in [0.5, 0.6) is 0 Å². The van der Waals surface area contributed by atoms with Crippen molar-refractivity contribution in [3.63, 3.8) is 0 Å². The molecule has 1 N–H and O–H groups in total. The predicted octanol–water partition coefficient (Wildman–Crippen LogP) is 0.270. The van der Waals surface area contributed by atoms with Gasteiger partial charge in [-0.1, -0.05) is 30.3 Å². The number of sulfonamides is 1. The van der Waals surface area contributed by atoms with E-state index in [1.165, 1.54) is 4.31 Å². The predicted molar refractivity (Wildman–Crippen MR) is 85.8 cm³/mol. The lowest BCUT2D eigenvalue weighted by Gasteiger charge is -2.26. The van der Waals surface area contributed by atoms with Gasteiger partial charge in [0, 0.05) is 46.2 Å². The molecule has 1 fully saturated rings. The summed E-state index contributed by atoms with van der Waals surface area (Å²) in [5.41, 5.74) is 1.03. The summed E-state index contributed by atoms with van der Waals surface area (Å²) in [4.78, 5) is 13.7. The number of nitrogens with one attached hydrogen (secondary N) is 1. The van der Waals surface area contributed by atoms with Gasteiger partial charge < -0.3 is 10.2 Å². The number of nitrogens with zero attached hydrogens (tertiary/aromatic N) is 2. The first-order valence-corrected chi connectivity index (χ1v) is 9.06. The molecule has 0 bridgehead atoms. The molecule has 1 aliphatic rings. The lowest BCUT2D eigenvalue weighted by molar-refractivity contribution is -0.130. The molecule has 7 heteroatoms. The number of hydrogen-bond donors (Lipinski definition) is 1. The highest BCUT2D eigenvalue weighted by Gasteiger charge is 2.25. The Morgan fingerprint density at radius 1 is 1.23 bits per heavy atom. The lowest BCUT2D eigenvalue weighted by atomic mass is 10.2. The highest BCUT2D eigenvalue weighted by atomic mass is 32.2. The van der Waals surface area contributed by atoms with Crippen LogP contribution >= 0.6 is 0 Å². The maximum Gasteiger partial charge on any atom is 0.223 e. The van der Waals surface area contributed by atoms with Gasteiger partial charge in [-0.3, -0.25) is 4.79 Å². The molecule has 0 atom stereocenters. The monoisotopic (exact) mass is 325 g/mol. The summed E-state index contributed by atoms with van der Waals surface area (Å²) < 4.78 is 25.9. The molecule has 0 unspecified atom stereocenters. The van der Waals surface area contributed by atoms with Crippen molar-refractivity contribution in [2.75, 3.05) is 39.0 Å². The van der Waals surface area contributed by atoms with E-state index < -0.39 is 10.0 Å². The fraction of sp³-hybridized carbons (Fsp3) is 0.533. The fourth-order valence-corrected chi connectivity index (χ4v) is 3.83. The zero-order valence-electron chi connectivity index (χ0n) is 12.9. The number of hydrogen-bond acceptors (Lipinski definition) is 4. The van der Waals surface area contributed by atoms with Gasteiger partial charge in [-0.2, -0.15) is 4.31 Å². The number of carbonyl (C=O) groups is 1. The summed E-state index contributed by atoms with van der Waals surface area (Å²) >= 11 is 0. The Hall–Kier alpha value is -1.44. The third kappa shape index (κ3) is 4.79. The second-order valence-corrected chi connectivity index (χ2v) is 7.54. The van der Waals surface area contributed by atoms with E-state index in [2.05, 4.69) is 5.32 Å². The molecule has 6 nitrogen and oxygen atoms in total. The Morgan fingerprint density at radius 3 is 2.50 bits per heavy atom. The van der Waals surface area contributed by atoms with Crippen LogP contribution in [-0.2, 0) is 21.4 Å². The van der Waals surface area contributed by atoms with Crippen molar-refractivity contribution in [3.8, 4) is 0 Å². The molecule has 0 spiro atoms. The maximum atomic E-state index is 12.2. The summed E-state index contributed by atoms with van der Waals surface area (Å²) in [5, 5.41) is 3.12. The largest absolute Gasteiger partial charge is 0.341 e. The number of piperazine rings is 1. The summed E-state index contributed by atoms with van der Waals surface area (Å²) in [6, 6.07) is 9.65. The molecular formula is C15H23N3O3S. The minimum atomic E-state index is -3.34. The van der Waals surface area contributed by atoms with Crippen LogP contribution in [0, 0.1) is 0 Å². The number of benzene rings is 1. The molecule has 1 aromatic carbocycles. The van der Waals surface area contributed by atoms with Crippen molar-refractivity contribution in [3.05, 3.63) is 35.9 Å². The van der Waals surface area contributed by atoms with E-state index in [9.17, 15) is 13.2 Å². The molecule has 122 valence electrons.